The van der Waals surface area contributed by atoms with Crippen molar-refractivity contribution in [3.63, 3.8) is 0 Å². The molecular weight excluding hydrogens is 376 g/mol. The van der Waals surface area contributed by atoms with Crippen LogP contribution in [0.15, 0.2) is 66.7 Å². The van der Waals surface area contributed by atoms with Gasteiger partial charge in [0, 0.05) is 5.02 Å². The molecule has 144 valence electrons. The summed E-state index contributed by atoms with van der Waals surface area (Å²) < 4.78 is 0. The van der Waals surface area contributed by atoms with Crippen LogP contribution in [0, 0.1) is 0 Å². The minimum Gasteiger partial charge on any atom is -0.508 e. The number of carbonyl (C=O) groups is 1. The van der Waals surface area contributed by atoms with E-state index in [0.717, 1.165) is 11.1 Å². The van der Waals surface area contributed by atoms with Crippen molar-refractivity contribution in [3.05, 3.63) is 77.3 Å². The quantitative estimate of drug-likeness (QED) is 0.430. The lowest BCUT2D eigenvalue weighted by Gasteiger charge is -2.18. The SMILES string of the molecule is Nc1ccc(Cl)cc1NC(CCc1ccc(-c2ccccc2)cc1O)C(=O)O. The fourth-order valence-corrected chi connectivity index (χ4v) is 3.16. The van der Waals surface area contributed by atoms with E-state index in [9.17, 15) is 15.0 Å². The van der Waals surface area contributed by atoms with Gasteiger partial charge in [-0.25, -0.2) is 4.79 Å². The molecule has 5 nitrogen and oxygen atoms in total. The Bertz CT molecular complexity index is 977. The molecule has 3 aromatic rings. The molecule has 0 spiro atoms. The van der Waals surface area contributed by atoms with E-state index in [1.165, 1.54) is 0 Å². The zero-order chi connectivity index (χ0) is 20.1. The molecule has 1 unspecified atom stereocenters. The molecule has 0 aliphatic carbocycles. The van der Waals surface area contributed by atoms with Gasteiger partial charge in [-0.2, -0.15) is 0 Å². The number of carboxylic acid groups (broad SMARTS) is 1. The summed E-state index contributed by atoms with van der Waals surface area (Å²) >= 11 is 5.96. The van der Waals surface area contributed by atoms with E-state index in [4.69, 9.17) is 17.3 Å². The molecule has 28 heavy (non-hydrogen) atoms. The number of nitrogen functional groups attached to an aromatic ring is 1. The molecule has 1 atom stereocenters. The number of carboxylic acids is 1. The van der Waals surface area contributed by atoms with Crippen LogP contribution in [0.3, 0.4) is 0 Å². The first-order valence-electron chi connectivity index (χ1n) is 8.85. The number of aliphatic carboxylic acids is 1. The molecule has 0 saturated heterocycles. The van der Waals surface area contributed by atoms with E-state index in [0.29, 0.717) is 28.4 Å². The fraction of sp³-hybridized carbons (Fsp3) is 0.136. The first-order valence-corrected chi connectivity index (χ1v) is 9.23. The highest BCUT2D eigenvalue weighted by atomic mass is 35.5. The van der Waals surface area contributed by atoms with E-state index in [1.54, 1.807) is 24.3 Å². The number of phenols is 1. The summed E-state index contributed by atoms with van der Waals surface area (Å²) in [6.07, 6.45) is 0.671. The van der Waals surface area contributed by atoms with Gasteiger partial charge in [-0.05, 0) is 53.8 Å². The standard InChI is InChI=1S/C22H21ClN2O3/c23-17-9-10-18(24)20(13-17)25-19(22(27)28)11-8-15-6-7-16(12-21(15)26)14-4-2-1-3-5-14/h1-7,9-10,12-13,19,25-26H,8,11,24H2,(H,27,28). The summed E-state index contributed by atoms with van der Waals surface area (Å²) in [6.45, 7) is 0. The van der Waals surface area contributed by atoms with Crippen LogP contribution in [0.2, 0.25) is 5.02 Å². The number of aromatic hydroxyl groups is 1. The topological polar surface area (TPSA) is 95.6 Å². The van der Waals surface area contributed by atoms with E-state index in [1.807, 2.05) is 42.5 Å². The van der Waals surface area contributed by atoms with Gasteiger partial charge in [-0.15, -0.1) is 0 Å². The molecule has 3 aromatic carbocycles. The van der Waals surface area contributed by atoms with Crippen LogP contribution >= 0.6 is 11.6 Å². The molecule has 3 rings (SSSR count). The number of benzene rings is 3. The van der Waals surface area contributed by atoms with Gasteiger partial charge in [0.25, 0.3) is 0 Å². The molecule has 6 heteroatoms. The maximum atomic E-state index is 11.6. The van der Waals surface area contributed by atoms with E-state index < -0.39 is 12.0 Å². The van der Waals surface area contributed by atoms with Crippen LogP contribution in [0.1, 0.15) is 12.0 Å². The van der Waals surface area contributed by atoms with Gasteiger partial charge in [0.15, 0.2) is 0 Å². The van der Waals surface area contributed by atoms with Crippen molar-refractivity contribution in [2.75, 3.05) is 11.1 Å². The molecular formula is C22H21ClN2O3. The number of rotatable bonds is 7. The lowest BCUT2D eigenvalue weighted by Crippen LogP contribution is -2.30. The second-order valence-electron chi connectivity index (χ2n) is 6.51. The van der Waals surface area contributed by atoms with Gasteiger partial charge in [-0.1, -0.05) is 54.1 Å². The van der Waals surface area contributed by atoms with E-state index >= 15 is 0 Å². The number of phenolic OH excluding ortho intramolecular Hbond substituents is 1. The van der Waals surface area contributed by atoms with Gasteiger partial charge in [-0.3, -0.25) is 0 Å². The predicted molar refractivity (Wildman–Crippen MR) is 113 cm³/mol. The molecule has 0 heterocycles. The minimum atomic E-state index is -1.00. The first-order chi connectivity index (χ1) is 13.4. The Balaban J connectivity index is 1.72. The van der Waals surface area contributed by atoms with Crippen LogP contribution in [0.5, 0.6) is 5.75 Å². The van der Waals surface area contributed by atoms with Crippen LogP contribution in [0.25, 0.3) is 11.1 Å². The molecule has 0 aliphatic rings. The highest BCUT2D eigenvalue weighted by molar-refractivity contribution is 6.31. The summed E-state index contributed by atoms with van der Waals surface area (Å²) in [6, 6.07) is 19.2. The van der Waals surface area contributed by atoms with Gasteiger partial charge in [0.05, 0.1) is 11.4 Å². The van der Waals surface area contributed by atoms with Gasteiger partial charge in [0.2, 0.25) is 0 Å². The first kappa shape index (κ1) is 19.6. The molecule has 0 radical (unpaired) electrons. The van der Waals surface area contributed by atoms with Crippen molar-refractivity contribution >= 4 is 28.9 Å². The lowest BCUT2D eigenvalue weighted by molar-refractivity contribution is -0.138. The predicted octanol–water partition coefficient (Wildman–Crippen LogP) is 4.79. The Morgan fingerprint density at radius 3 is 2.46 bits per heavy atom. The smallest absolute Gasteiger partial charge is 0.326 e. The van der Waals surface area contributed by atoms with E-state index in [-0.39, 0.29) is 12.2 Å². The van der Waals surface area contributed by atoms with Crippen LogP contribution in [-0.4, -0.2) is 22.2 Å². The highest BCUT2D eigenvalue weighted by Gasteiger charge is 2.19. The number of aryl methyl sites for hydroxylation is 1. The van der Waals surface area contributed by atoms with Crippen LogP contribution in [0.4, 0.5) is 11.4 Å². The molecule has 0 bridgehead atoms. The number of hydrogen-bond acceptors (Lipinski definition) is 4. The number of halogens is 1. The third kappa shape index (κ3) is 4.75. The minimum absolute atomic E-state index is 0.146. The molecule has 0 amide bonds. The Morgan fingerprint density at radius 2 is 1.79 bits per heavy atom. The summed E-state index contributed by atoms with van der Waals surface area (Å²) in [4.78, 5) is 11.6. The molecule has 5 N–H and O–H groups in total. The molecule has 0 saturated carbocycles. The monoisotopic (exact) mass is 396 g/mol. The second-order valence-corrected chi connectivity index (χ2v) is 6.95. The van der Waals surface area contributed by atoms with Crippen molar-refractivity contribution < 1.29 is 15.0 Å². The average Bonchev–Trinajstić information content (AvgIpc) is 2.69. The van der Waals surface area contributed by atoms with Crippen molar-refractivity contribution in [1.82, 2.24) is 0 Å². The normalized spacial score (nSPS) is 11.8. The Morgan fingerprint density at radius 1 is 1.04 bits per heavy atom. The third-order valence-electron chi connectivity index (χ3n) is 4.54. The van der Waals surface area contributed by atoms with Gasteiger partial charge in [0.1, 0.15) is 11.8 Å². The molecule has 0 aliphatic heterocycles. The van der Waals surface area contributed by atoms with Crippen molar-refractivity contribution in [2.24, 2.45) is 0 Å². The summed E-state index contributed by atoms with van der Waals surface area (Å²) in [5, 5.41) is 23.3. The number of nitrogens with two attached hydrogens (primary N) is 1. The van der Waals surface area contributed by atoms with Crippen molar-refractivity contribution in [1.29, 1.82) is 0 Å². The van der Waals surface area contributed by atoms with Crippen molar-refractivity contribution in [3.8, 4) is 16.9 Å². The maximum Gasteiger partial charge on any atom is 0.326 e. The summed E-state index contributed by atoms with van der Waals surface area (Å²) in [5.41, 5.74) is 9.38. The van der Waals surface area contributed by atoms with Crippen molar-refractivity contribution in [2.45, 2.75) is 18.9 Å². The Hall–Kier alpha value is -3.18. The Labute approximate surface area is 168 Å². The number of nitrogens with one attached hydrogen (secondary N) is 1. The number of hydrogen-bond donors (Lipinski definition) is 4. The maximum absolute atomic E-state index is 11.6. The zero-order valence-corrected chi connectivity index (χ0v) is 15.9. The average molecular weight is 397 g/mol. The number of anilines is 2. The highest BCUT2D eigenvalue weighted by Crippen LogP contribution is 2.28. The second kappa shape index (κ2) is 8.67. The van der Waals surface area contributed by atoms with Gasteiger partial charge >= 0.3 is 5.97 Å². The van der Waals surface area contributed by atoms with Crippen LogP contribution in [-0.2, 0) is 11.2 Å². The summed E-state index contributed by atoms with van der Waals surface area (Å²) in [7, 11) is 0. The fourth-order valence-electron chi connectivity index (χ4n) is 2.98. The molecule has 0 fully saturated rings. The Kier molecular flexibility index (Phi) is 6.06. The van der Waals surface area contributed by atoms with E-state index in [2.05, 4.69) is 5.32 Å². The third-order valence-corrected chi connectivity index (χ3v) is 4.77. The van der Waals surface area contributed by atoms with Crippen LogP contribution < -0.4 is 11.1 Å². The lowest BCUT2D eigenvalue weighted by atomic mass is 9.99. The zero-order valence-electron chi connectivity index (χ0n) is 15.1. The molecule has 0 aromatic heterocycles. The summed E-state index contributed by atoms with van der Waals surface area (Å²) in [5.74, 6) is -0.854. The largest absolute Gasteiger partial charge is 0.508 e. The van der Waals surface area contributed by atoms with Gasteiger partial charge < -0.3 is 21.3 Å².